The van der Waals surface area contributed by atoms with Crippen LogP contribution < -0.4 is 0 Å². The zero-order valence-electron chi connectivity index (χ0n) is 21.9. The van der Waals surface area contributed by atoms with E-state index < -0.39 is 0 Å². The van der Waals surface area contributed by atoms with Gasteiger partial charge in [-0.3, -0.25) is 4.98 Å². The molecule has 0 aliphatic heterocycles. The molecule has 0 aliphatic rings. The molecular formula is C36H22N4O. The first-order valence-electron chi connectivity index (χ1n) is 13.5. The molecule has 0 N–H and O–H groups in total. The van der Waals surface area contributed by atoms with Crippen molar-refractivity contribution < 1.29 is 4.42 Å². The summed E-state index contributed by atoms with van der Waals surface area (Å²) in [4.78, 5) is 19.6. The highest BCUT2D eigenvalue weighted by molar-refractivity contribution is 6.15. The van der Waals surface area contributed by atoms with Crippen LogP contribution in [-0.2, 0) is 0 Å². The monoisotopic (exact) mass is 526 g/mol. The van der Waals surface area contributed by atoms with Crippen LogP contribution >= 0.6 is 0 Å². The molecule has 3 aromatic heterocycles. The summed E-state index contributed by atoms with van der Waals surface area (Å²) < 4.78 is 6.53. The fourth-order valence-electron chi connectivity index (χ4n) is 5.41. The fraction of sp³-hybridized carbons (Fsp3) is 0. The summed E-state index contributed by atoms with van der Waals surface area (Å²) in [6.45, 7) is 0. The predicted octanol–water partition coefficient (Wildman–Crippen LogP) is 8.99. The molecule has 0 unspecified atom stereocenters. The van der Waals surface area contributed by atoms with Crippen molar-refractivity contribution in [3.05, 3.63) is 134 Å². The van der Waals surface area contributed by atoms with Crippen LogP contribution in [0.15, 0.2) is 138 Å². The van der Waals surface area contributed by atoms with Crippen molar-refractivity contribution in [3.63, 3.8) is 0 Å². The Bertz CT molecular complexity index is 2150. The summed E-state index contributed by atoms with van der Waals surface area (Å²) >= 11 is 0. The smallest absolute Gasteiger partial charge is 0.160 e. The Hall–Kier alpha value is -5.68. The van der Waals surface area contributed by atoms with E-state index in [0.29, 0.717) is 5.82 Å². The van der Waals surface area contributed by atoms with E-state index in [1.807, 2.05) is 103 Å². The molecule has 0 radical (unpaired) electrons. The largest absolute Gasteiger partial charge is 0.455 e. The Balaban J connectivity index is 1.36. The molecule has 192 valence electrons. The van der Waals surface area contributed by atoms with Crippen LogP contribution in [0.2, 0.25) is 0 Å². The molecule has 0 fully saturated rings. The summed E-state index contributed by atoms with van der Waals surface area (Å²) in [5, 5.41) is 2.01. The fourth-order valence-corrected chi connectivity index (χ4v) is 5.41. The van der Waals surface area contributed by atoms with Gasteiger partial charge in [-0.2, -0.15) is 0 Å². The van der Waals surface area contributed by atoms with Crippen LogP contribution in [0, 0.1) is 0 Å². The number of benzene rings is 5. The van der Waals surface area contributed by atoms with E-state index in [2.05, 4.69) is 35.3 Å². The lowest BCUT2D eigenvalue weighted by Gasteiger charge is -2.10. The molecule has 0 saturated carbocycles. The van der Waals surface area contributed by atoms with Gasteiger partial charge in [0.05, 0.1) is 34.3 Å². The molecule has 5 nitrogen and oxygen atoms in total. The van der Waals surface area contributed by atoms with E-state index in [-0.39, 0.29) is 0 Å². The van der Waals surface area contributed by atoms with Crippen LogP contribution in [0.4, 0.5) is 0 Å². The second-order valence-electron chi connectivity index (χ2n) is 9.90. The Kier molecular flexibility index (Phi) is 5.38. The molecule has 8 aromatic rings. The van der Waals surface area contributed by atoms with E-state index in [1.165, 1.54) is 0 Å². The summed E-state index contributed by atoms with van der Waals surface area (Å²) in [5.74, 6) is 0.680. The number of hydrogen-bond acceptors (Lipinski definition) is 5. The van der Waals surface area contributed by atoms with Crippen molar-refractivity contribution in [1.82, 2.24) is 19.9 Å². The minimum absolute atomic E-state index is 0.680. The predicted molar refractivity (Wildman–Crippen MR) is 164 cm³/mol. The van der Waals surface area contributed by atoms with Crippen LogP contribution in [-0.4, -0.2) is 19.9 Å². The van der Waals surface area contributed by atoms with Gasteiger partial charge in [0.2, 0.25) is 0 Å². The molecule has 3 heterocycles. The number of nitrogens with zero attached hydrogens (tertiary/aromatic N) is 4. The second kappa shape index (κ2) is 9.50. The Morgan fingerprint density at radius 3 is 2.00 bits per heavy atom. The highest BCUT2D eigenvalue weighted by Gasteiger charge is 2.19. The lowest BCUT2D eigenvalue weighted by atomic mass is 10.00. The van der Waals surface area contributed by atoms with Crippen LogP contribution in [0.3, 0.4) is 0 Å². The lowest BCUT2D eigenvalue weighted by Crippen LogP contribution is -1.96. The highest BCUT2D eigenvalue weighted by Crippen LogP contribution is 2.40. The average Bonchev–Trinajstić information content (AvgIpc) is 3.44. The van der Waals surface area contributed by atoms with Crippen molar-refractivity contribution >= 4 is 33.0 Å². The summed E-state index contributed by atoms with van der Waals surface area (Å²) in [6, 6.07) is 42.6. The first-order chi connectivity index (χ1) is 20.3. The Morgan fingerprint density at radius 1 is 0.488 bits per heavy atom. The van der Waals surface area contributed by atoms with Crippen molar-refractivity contribution in [1.29, 1.82) is 0 Å². The van der Waals surface area contributed by atoms with Gasteiger partial charge in [0.25, 0.3) is 0 Å². The first kappa shape index (κ1) is 23.2. The standard InChI is InChI=1S/C36H22N4O/c1-3-11-23(12-4-1)30-21-31(40-36(39-30)24-13-5-2-6-14-24)25-15-10-20-33-34(25)27-17-9-16-26(35(27)41-33)32-22-37-28-18-7-8-19-29(28)38-32/h1-22H. The van der Waals surface area contributed by atoms with Crippen LogP contribution in [0.25, 0.3) is 78.1 Å². The third-order valence-electron chi connectivity index (χ3n) is 7.35. The molecule has 0 atom stereocenters. The number of rotatable bonds is 4. The lowest BCUT2D eigenvalue weighted by molar-refractivity contribution is 0.670. The van der Waals surface area contributed by atoms with Gasteiger partial charge in [-0.05, 0) is 30.3 Å². The average molecular weight is 527 g/mol. The van der Waals surface area contributed by atoms with Crippen molar-refractivity contribution in [3.8, 4) is 45.2 Å². The maximum atomic E-state index is 6.53. The van der Waals surface area contributed by atoms with Gasteiger partial charge in [0.15, 0.2) is 5.82 Å². The summed E-state index contributed by atoms with van der Waals surface area (Å²) in [7, 11) is 0. The molecule has 41 heavy (non-hydrogen) atoms. The van der Waals surface area contributed by atoms with Gasteiger partial charge >= 0.3 is 0 Å². The number of fused-ring (bicyclic) bond motifs is 4. The minimum atomic E-state index is 0.680. The van der Waals surface area contributed by atoms with Gasteiger partial charge in [-0.1, -0.05) is 97.1 Å². The van der Waals surface area contributed by atoms with Crippen LogP contribution in [0.5, 0.6) is 0 Å². The number of hydrogen-bond donors (Lipinski definition) is 0. The zero-order valence-corrected chi connectivity index (χ0v) is 21.9. The van der Waals surface area contributed by atoms with Gasteiger partial charge in [0.1, 0.15) is 11.2 Å². The SMILES string of the molecule is c1ccc(-c2cc(-c3cccc4oc5c(-c6cnc7ccccc7n6)cccc5c34)nc(-c3ccccc3)n2)cc1. The maximum absolute atomic E-state index is 6.53. The number of aromatic nitrogens is 4. The molecule has 8 rings (SSSR count). The third kappa shape index (κ3) is 4.03. The quantitative estimate of drug-likeness (QED) is 0.229. The molecule has 0 aliphatic carbocycles. The normalized spacial score (nSPS) is 11.4. The number of furan rings is 1. The van der Waals surface area contributed by atoms with Gasteiger partial charge in [-0.15, -0.1) is 0 Å². The first-order valence-corrected chi connectivity index (χ1v) is 13.5. The van der Waals surface area contributed by atoms with E-state index in [9.17, 15) is 0 Å². The van der Waals surface area contributed by atoms with Gasteiger partial charge in [0, 0.05) is 33.0 Å². The van der Waals surface area contributed by atoms with Gasteiger partial charge < -0.3 is 4.42 Å². The third-order valence-corrected chi connectivity index (χ3v) is 7.35. The minimum Gasteiger partial charge on any atom is -0.455 e. The van der Waals surface area contributed by atoms with E-state index in [1.54, 1.807) is 0 Å². The molecule has 0 bridgehead atoms. The Labute approximate surface area is 235 Å². The van der Waals surface area contributed by atoms with Gasteiger partial charge in [-0.25, -0.2) is 15.0 Å². The van der Waals surface area contributed by atoms with E-state index >= 15 is 0 Å². The van der Waals surface area contributed by atoms with E-state index in [0.717, 1.165) is 72.3 Å². The number of para-hydroxylation sites is 3. The summed E-state index contributed by atoms with van der Waals surface area (Å²) in [5.41, 5.74) is 9.65. The van der Waals surface area contributed by atoms with Crippen molar-refractivity contribution in [2.24, 2.45) is 0 Å². The maximum Gasteiger partial charge on any atom is 0.160 e. The summed E-state index contributed by atoms with van der Waals surface area (Å²) in [6.07, 6.45) is 1.81. The van der Waals surface area contributed by atoms with E-state index in [4.69, 9.17) is 19.4 Å². The Morgan fingerprint density at radius 2 is 1.17 bits per heavy atom. The molecular weight excluding hydrogens is 504 g/mol. The molecule has 0 amide bonds. The highest BCUT2D eigenvalue weighted by atomic mass is 16.3. The molecule has 5 aromatic carbocycles. The van der Waals surface area contributed by atoms with Crippen molar-refractivity contribution in [2.45, 2.75) is 0 Å². The molecule has 0 saturated heterocycles. The second-order valence-corrected chi connectivity index (χ2v) is 9.90. The molecule has 0 spiro atoms. The topological polar surface area (TPSA) is 64.7 Å². The van der Waals surface area contributed by atoms with Crippen molar-refractivity contribution in [2.75, 3.05) is 0 Å². The zero-order chi connectivity index (χ0) is 27.2. The molecule has 5 heteroatoms. The van der Waals surface area contributed by atoms with Crippen LogP contribution in [0.1, 0.15) is 0 Å².